The Hall–Kier alpha value is -2.08. The van der Waals surface area contributed by atoms with Crippen LogP contribution in [0.4, 0.5) is 4.79 Å². The molecule has 1 atom stereocenters. The van der Waals surface area contributed by atoms with Crippen molar-refractivity contribution in [2.24, 2.45) is 0 Å². The molecule has 1 saturated heterocycles. The third kappa shape index (κ3) is 3.95. The first-order valence-corrected chi connectivity index (χ1v) is 9.01. The van der Waals surface area contributed by atoms with Crippen molar-refractivity contribution in [3.8, 4) is 0 Å². The minimum Gasteiger partial charge on any atom is -0.440 e. The SMILES string of the molecule is Cc1cccc2nc(C3CCN(C(=O)NC[C@H](C)N(C)C)CC3)oc12. The number of para-hydroxylation sites is 1. The van der Waals surface area contributed by atoms with Gasteiger partial charge in [-0.1, -0.05) is 12.1 Å². The van der Waals surface area contributed by atoms with E-state index in [-0.39, 0.29) is 11.9 Å². The van der Waals surface area contributed by atoms with Crippen molar-refractivity contribution < 1.29 is 9.21 Å². The van der Waals surface area contributed by atoms with Crippen LogP contribution in [0.2, 0.25) is 0 Å². The lowest BCUT2D eigenvalue weighted by atomic mass is 9.97. The molecule has 2 heterocycles. The summed E-state index contributed by atoms with van der Waals surface area (Å²) in [7, 11) is 4.04. The molecular formula is C19H28N4O2. The molecule has 1 aliphatic heterocycles. The van der Waals surface area contributed by atoms with Gasteiger partial charge in [-0.2, -0.15) is 0 Å². The van der Waals surface area contributed by atoms with E-state index in [4.69, 9.17) is 4.42 Å². The number of carbonyl (C=O) groups is 1. The summed E-state index contributed by atoms with van der Waals surface area (Å²) < 4.78 is 6.00. The number of piperidine rings is 1. The van der Waals surface area contributed by atoms with Crippen LogP contribution >= 0.6 is 0 Å². The van der Waals surface area contributed by atoms with Gasteiger partial charge in [0, 0.05) is 31.6 Å². The molecule has 1 aromatic carbocycles. The van der Waals surface area contributed by atoms with Gasteiger partial charge < -0.3 is 19.5 Å². The van der Waals surface area contributed by atoms with E-state index in [0.29, 0.717) is 12.6 Å². The largest absolute Gasteiger partial charge is 0.440 e. The Balaban J connectivity index is 1.56. The predicted molar refractivity (Wildman–Crippen MR) is 98.8 cm³/mol. The van der Waals surface area contributed by atoms with Crippen LogP contribution in [0.3, 0.4) is 0 Å². The van der Waals surface area contributed by atoms with Crippen LogP contribution in [0.1, 0.15) is 37.1 Å². The molecule has 1 fully saturated rings. The predicted octanol–water partition coefficient (Wildman–Crippen LogP) is 2.98. The van der Waals surface area contributed by atoms with E-state index < -0.39 is 0 Å². The smallest absolute Gasteiger partial charge is 0.317 e. The van der Waals surface area contributed by atoms with Gasteiger partial charge in [0.2, 0.25) is 0 Å². The summed E-state index contributed by atoms with van der Waals surface area (Å²) in [6.07, 6.45) is 1.78. The van der Waals surface area contributed by atoms with Crippen molar-refractivity contribution in [2.45, 2.75) is 38.6 Å². The first-order chi connectivity index (χ1) is 12.0. The van der Waals surface area contributed by atoms with Crippen LogP contribution in [0.15, 0.2) is 22.6 Å². The van der Waals surface area contributed by atoms with Gasteiger partial charge in [-0.05, 0) is 52.4 Å². The molecule has 0 aliphatic carbocycles. The molecule has 6 heteroatoms. The van der Waals surface area contributed by atoms with Crippen molar-refractivity contribution in [3.63, 3.8) is 0 Å². The Labute approximate surface area is 149 Å². The third-order valence-electron chi connectivity index (χ3n) is 5.19. The van der Waals surface area contributed by atoms with Crippen molar-refractivity contribution in [1.29, 1.82) is 0 Å². The molecule has 0 radical (unpaired) electrons. The molecule has 3 rings (SSSR count). The maximum absolute atomic E-state index is 12.3. The molecule has 0 saturated carbocycles. The molecule has 2 aromatic rings. The van der Waals surface area contributed by atoms with Crippen LogP contribution in [0, 0.1) is 6.92 Å². The summed E-state index contributed by atoms with van der Waals surface area (Å²) in [4.78, 5) is 21.0. The van der Waals surface area contributed by atoms with E-state index >= 15 is 0 Å². The number of oxazole rings is 1. The number of benzene rings is 1. The van der Waals surface area contributed by atoms with Gasteiger partial charge >= 0.3 is 6.03 Å². The van der Waals surface area contributed by atoms with Gasteiger partial charge in [-0.3, -0.25) is 0 Å². The standard InChI is InChI=1S/C19H28N4O2/c1-13-6-5-7-16-17(13)25-18(21-16)15-8-10-23(11-9-15)19(24)20-12-14(2)22(3)4/h5-7,14-15H,8-12H2,1-4H3,(H,20,24)/t14-/m0/s1. The summed E-state index contributed by atoms with van der Waals surface area (Å²) >= 11 is 0. The number of aromatic nitrogens is 1. The van der Waals surface area contributed by atoms with Crippen molar-refractivity contribution >= 4 is 17.1 Å². The number of urea groups is 1. The van der Waals surface area contributed by atoms with Crippen molar-refractivity contribution in [2.75, 3.05) is 33.7 Å². The fraction of sp³-hybridized carbons (Fsp3) is 0.579. The average molecular weight is 344 g/mol. The lowest BCUT2D eigenvalue weighted by Gasteiger charge is -2.31. The van der Waals surface area contributed by atoms with Gasteiger partial charge in [0.05, 0.1) is 0 Å². The zero-order chi connectivity index (χ0) is 18.0. The van der Waals surface area contributed by atoms with Crippen LogP contribution in [-0.2, 0) is 0 Å². The molecule has 136 valence electrons. The zero-order valence-corrected chi connectivity index (χ0v) is 15.6. The van der Waals surface area contributed by atoms with E-state index in [1.165, 1.54) is 0 Å². The third-order valence-corrected chi connectivity index (χ3v) is 5.19. The Morgan fingerprint density at radius 1 is 1.40 bits per heavy atom. The molecule has 6 nitrogen and oxygen atoms in total. The first kappa shape index (κ1) is 17.7. The second kappa shape index (κ2) is 7.44. The number of amides is 2. The van der Waals surface area contributed by atoms with E-state index in [0.717, 1.165) is 48.5 Å². The average Bonchev–Trinajstić information content (AvgIpc) is 3.05. The second-order valence-electron chi connectivity index (χ2n) is 7.24. The Morgan fingerprint density at radius 2 is 2.12 bits per heavy atom. The minimum atomic E-state index is 0.0283. The lowest BCUT2D eigenvalue weighted by molar-refractivity contribution is 0.174. The van der Waals surface area contributed by atoms with E-state index in [1.54, 1.807) is 0 Å². The van der Waals surface area contributed by atoms with Gasteiger partial charge in [-0.25, -0.2) is 9.78 Å². The summed E-state index contributed by atoms with van der Waals surface area (Å²) in [6, 6.07) is 6.39. The van der Waals surface area contributed by atoms with E-state index in [9.17, 15) is 4.79 Å². The second-order valence-corrected chi connectivity index (χ2v) is 7.24. The van der Waals surface area contributed by atoms with Crippen LogP contribution in [-0.4, -0.2) is 60.6 Å². The summed E-state index contributed by atoms with van der Waals surface area (Å²) in [5, 5.41) is 3.02. The van der Waals surface area contributed by atoms with E-state index in [2.05, 4.69) is 22.1 Å². The monoisotopic (exact) mass is 344 g/mol. The number of hydrogen-bond acceptors (Lipinski definition) is 4. The highest BCUT2D eigenvalue weighted by Crippen LogP contribution is 2.30. The maximum Gasteiger partial charge on any atom is 0.317 e. The highest BCUT2D eigenvalue weighted by molar-refractivity contribution is 5.76. The van der Waals surface area contributed by atoms with Crippen LogP contribution in [0.5, 0.6) is 0 Å². The van der Waals surface area contributed by atoms with Crippen molar-refractivity contribution in [3.05, 3.63) is 29.7 Å². The Kier molecular flexibility index (Phi) is 5.27. The van der Waals surface area contributed by atoms with Gasteiger partial charge in [-0.15, -0.1) is 0 Å². The number of rotatable bonds is 4. The van der Waals surface area contributed by atoms with Crippen LogP contribution in [0.25, 0.3) is 11.1 Å². The molecule has 2 amide bonds. The highest BCUT2D eigenvalue weighted by atomic mass is 16.3. The molecule has 25 heavy (non-hydrogen) atoms. The molecule has 1 N–H and O–H groups in total. The number of hydrogen-bond donors (Lipinski definition) is 1. The van der Waals surface area contributed by atoms with Gasteiger partial charge in [0.1, 0.15) is 5.52 Å². The molecule has 0 spiro atoms. The number of likely N-dealkylation sites (tertiary alicyclic amines) is 1. The summed E-state index contributed by atoms with van der Waals surface area (Å²) in [5.41, 5.74) is 2.92. The number of likely N-dealkylation sites (N-methyl/N-ethyl adjacent to an activating group) is 1. The Bertz CT molecular complexity index is 732. The fourth-order valence-electron chi connectivity index (χ4n) is 3.14. The van der Waals surface area contributed by atoms with Crippen molar-refractivity contribution in [1.82, 2.24) is 20.1 Å². The number of aryl methyl sites for hydroxylation is 1. The molecule has 1 aliphatic rings. The normalized spacial score (nSPS) is 17.2. The van der Waals surface area contributed by atoms with E-state index in [1.807, 2.05) is 44.1 Å². The van der Waals surface area contributed by atoms with Crippen LogP contribution < -0.4 is 5.32 Å². The quantitative estimate of drug-likeness (QED) is 0.926. The molecule has 1 aromatic heterocycles. The first-order valence-electron chi connectivity index (χ1n) is 9.01. The fourth-order valence-corrected chi connectivity index (χ4v) is 3.14. The summed E-state index contributed by atoms with van der Waals surface area (Å²) in [6.45, 7) is 6.28. The lowest BCUT2D eigenvalue weighted by Crippen LogP contribution is -2.47. The topological polar surface area (TPSA) is 61.6 Å². The van der Waals surface area contributed by atoms with Gasteiger partial charge in [0.15, 0.2) is 11.5 Å². The highest BCUT2D eigenvalue weighted by Gasteiger charge is 2.27. The molecule has 0 bridgehead atoms. The molecule has 0 unspecified atom stereocenters. The number of nitrogens with zero attached hydrogens (tertiary/aromatic N) is 3. The zero-order valence-electron chi connectivity index (χ0n) is 15.6. The molecular weight excluding hydrogens is 316 g/mol. The minimum absolute atomic E-state index is 0.0283. The summed E-state index contributed by atoms with van der Waals surface area (Å²) in [5.74, 6) is 1.10. The number of carbonyl (C=O) groups excluding carboxylic acids is 1. The number of nitrogens with one attached hydrogen (secondary N) is 1. The Morgan fingerprint density at radius 3 is 2.76 bits per heavy atom. The maximum atomic E-state index is 12.3. The van der Waals surface area contributed by atoms with Gasteiger partial charge in [0.25, 0.3) is 0 Å². The number of fused-ring (bicyclic) bond motifs is 1.